The van der Waals surface area contributed by atoms with E-state index >= 15 is 0 Å². The zero-order valence-corrected chi connectivity index (χ0v) is 8.55. The molecule has 4 atom stereocenters. The van der Waals surface area contributed by atoms with Gasteiger partial charge >= 0.3 is 0 Å². The van der Waals surface area contributed by atoms with Crippen molar-refractivity contribution in [2.24, 2.45) is 0 Å². The summed E-state index contributed by atoms with van der Waals surface area (Å²) in [6.07, 6.45) is -3.01. The molecule has 0 aromatic carbocycles. The largest absolute Gasteiger partial charge is 0.394 e. The minimum atomic E-state index is -0.987. The fourth-order valence-electron chi connectivity index (χ4n) is 1.50. The molecule has 0 aromatic rings. The van der Waals surface area contributed by atoms with Gasteiger partial charge in [0.2, 0.25) is 0 Å². The van der Waals surface area contributed by atoms with Gasteiger partial charge in [0.25, 0.3) is 0 Å². The Labute approximate surface area is 83.7 Å². The highest BCUT2D eigenvalue weighted by molar-refractivity contribution is 4.91. The van der Waals surface area contributed by atoms with Crippen LogP contribution in [0.2, 0.25) is 0 Å². The highest BCUT2D eigenvalue weighted by Crippen LogP contribution is 2.20. The third-order valence-electron chi connectivity index (χ3n) is 2.37. The molecule has 0 radical (unpaired) electrons. The van der Waals surface area contributed by atoms with E-state index in [1.807, 2.05) is 13.8 Å². The average molecular weight is 205 g/mol. The van der Waals surface area contributed by atoms with E-state index < -0.39 is 24.4 Å². The highest BCUT2D eigenvalue weighted by atomic mass is 16.6. The van der Waals surface area contributed by atoms with Gasteiger partial charge in [0, 0.05) is 12.6 Å². The van der Waals surface area contributed by atoms with E-state index in [2.05, 4.69) is 5.32 Å². The van der Waals surface area contributed by atoms with Crippen LogP contribution in [-0.2, 0) is 4.74 Å². The van der Waals surface area contributed by atoms with Gasteiger partial charge in [-0.15, -0.1) is 0 Å². The van der Waals surface area contributed by atoms with Crippen molar-refractivity contribution in [1.82, 2.24) is 5.32 Å². The van der Waals surface area contributed by atoms with Crippen LogP contribution >= 0.6 is 0 Å². The lowest BCUT2D eigenvalue weighted by Crippen LogP contribution is -2.40. The first-order valence-electron chi connectivity index (χ1n) is 4.92. The summed E-state index contributed by atoms with van der Waals surface area (Å²) in [5, 5.41) is 30.9. The van der Waals surface area contributed by atoms with Crippen LogP contribution in [0.5, 0.6) is 0 Å². The van der Waals surface area contributed by atoms with E-state index in [1.165, 1.54) is 0 Å². The molecule has 0 unspecified atom stereocenters. The molecular weight excluding hydrogens is 186 g/mol. The van der Waals surface area contributed by atoms with E-state index in [9.17, 15) is 10.2 Å². The van der Waals surface area contributed by atoms with Crippen molar-refractivity contribution < 1.29 is 20.1 Å². The Hall–Kier alpha value is -0.200. The Morgan fingerprint density at radius 3 is 2.21 bits per heavy atom. The Morgan fingerprint density at radius 2 is 1.79 bits per heavy atom. The van der Waals surface area contributed by atoms with E-state index in [-0.39, 0.29) is 6.61 Å². The van der Waals surface area contributed by atoms with Gasteiger partial charge in [0.1, 0.15) is 18.3 Å². The molecule has 1 aliphatic rings. The number of rotatable bonds is 4. The molecule has 1 saturated heterocycles. The van der Waals surface area contributed by atoms with Crippen molar-refractivity contribution in [2.75, 3.05) is 13.2 Å². The summed E-state index contributed by atoms with van der Waals surface area (Å²) in [5.74, 6) is 0. The van der Waals surface area contributed by atoms with Crippen LogP contribution in [0.4, 0.5) is 0 Å². The normalized spacial score (nSPS) is 38.1. The highest BCUT2D eigenvalue weighted by Gasteiger charge is 2.41. The first kappa shape index (κ1) is 11.9. The molecule has 0 spiro atoms. The number of hydrogen-bond donors (Lipinski definition) is 4. The molecule has 4 N–H and O–H groups in total. The third-order valence-corrected chi connectivity index (χ3v) is 2.37. The number of aliphatic hydroxyl groups is 3. The van der Waals surface area contributed by atoms with E-state index in [0.717, 1.165) is 0 Å². The van der Waals surface area contributed by atoms with Crippen LogP contribution in [0.15, 0.2) is 0 Å². The smallest absolute Gasteiger partial charge is 0.111 e. The lowest BCUT2D eigenvalue weighted by Gasteiger charge is -2.16. The molecule has 1 heterocycles. The lowest BCUT2D eigenvalue weighted by atomic mass is 10.1. The molecular formula is C9H19NO4. The van der Waals surface area contributed by atoms with Crippen LogP contribution in [0, 0.1) is 0 Å². The number of ether oxygens (including phenoxy) is 1. The zero-order chi connectivity index (χ0) is 10.7. The molecule has 84 valence electrons. The molecule has 0 aromatic heterocycles. The van der Waals surface area contributed by atoms with Crippen molar-refractivity contribution in [3.63, 3.8) is 0 Å². The quantitative estimate of drug-likeness (QED) is 0.447. The van der Waals surface area contributed by atoms with Crippen LogP contribution in [0.1, 0.15) is 13.8 Å². The predicted molar refractivity (Wildman–Crippen MR) is 50.9 cm³/mol. The second-order valence-corrected chi connectivity index (χ2v) is 3.94. The second-order valence-electron chi connectivity index (χ2n) is 3.94. The maximum absolute atomic E-state index is 9.55. The molecule has 5 nitrogen and oxygen atoms in total. The molecule has 5 heteroatoms. The van der Waals surface area contributed by atoms with Gasteiger partial charge in [-0.3, -0.25) is 0 Å². The van der Waals surface area contributed by atoms with E-state index in [4.69, 9.17) is 9.84 Å². The maximum atomic E-state index is 9.55. The first-order valence-corrected chi connectivity index (χ1v) is 4.92. The zero-order valence-electron chi connectivity index (χ0n) is 8.55. The minimum absolute atomic E-state index is 0.267. The molecule has 0 aliphatic carbocycles. The first-order chi connectivity index (χ1) is 6.56. The van der Waals surface area contributed by atoms with Gasteiger partial charge in [-0.05, 0) is 0 Å². The van der Waals surface area contributed by atoms with Crippen molar-refractivity contribution in [3.8, 4) is 0 Å². The van der Waals surface area contributed by atoms with Gasteiger partial charge in [0.05, 0.1) is 12.7 Å². The van der Waals surface area contributed by atoms with Gasteiger partial charge < -0.3 is 25.4 Å². The SMILES string of the molecule is CC(C)NC[C@@H]1O[C@H](CO)[C@@H](O)[C@@H]1O. The molecule has 1 rings (SSSR count). The second kappa shape index (κ2) is 5.04. The lowest BCUT2D eigenvalue weighted by molar-refractivity contribution is -0.0216. The molecule has 1 fully saturated rings. The topological polar surface area (TPSA) is 82.0 Å². The number of aliphatic hydroxyl groups excluding tert-OH is 3. The summed E-state index contributed by atoms with van der Waals surface area (Å²) < 4.78 is 5.27. The van der Waals surface area contributed by atoms with Gasteiger partial charge in [-0.1, -0.05) is 13.8 Å². The number of nitrogens with one attached hydrogen (secondary N) is 1. The fourth-order valence-corrected chi connectivity index (χ4v) is 1.50. The standard InChI is InChI=1S/C9H19NO4/c1-5(2)10-3-6-8(12)9(13)7(4-11)14-6/h5-13H,3-4H2,1-2H3/t6-,7+,8+,9+/m0/s1. The Bertz CT molecular complexity index is 176. The average Bonchev–Trinajstić information content (AvgIpc) is 2.41. The summed E-state index contributed by atoms with van der Waals surface area (Å²) in [6.45, 7) is 4.19. The van der Waals surface area contributed by atoms with Crippen LogP contribution in [-0.4, -0.2) is 58.9 Å². The predicted octanol–water partition coefficient (Wildman–Crippen LogP) is -1.53. The van der Waals surface area contributed by atoms with Crippen molar-refractivity contribution in [2.45, 2.75) is 44.3 Å². The summed E-state index contributed by atoms with van der Waals surface area (Å²) in [7, 11) is 0. The summed E-state index contributed by atoms with van der Waals surface area (Å²) in [4.78, 5) is 0. The van der Waals surface area contributed by atoms with E-state index in [1.54, 1.807) is 0 Å². The molecule has 0 saturated carbocycles. The fraction of sp³-hybridized carbons (Fsp3) is 1.00. The monoisotopic (exact) mass is 205 g/mol. The molecule has 1 aliphatic heterocycles. The van der Waals surface area contributed by atoms with Crippen molar-refractivity contribution in [3.05, 3.63) is 0 Å². The van der Waals surface area contributed by atoms with Gasteiger partial charge in [-0.25, -0.2) is 0 Å². The maximum Gasteiger partial charge on any atom is 0.111 e. The van der Waals surface area contributed by atoms with Crippen LogP contribution in [0.25, 0.3) is 0 Å². The molecule has 0 bridgehead atoms. The summed E-state index contributed by atoms with van der Waals surface area (Å²) >= 11 is 0. The van der Waals surface area contributed by atoms with Crippen LogP contribution < -0.4 is 5.32 Å². The van der Waals surface area contributed by atoms with Crippen LogP contribution in [0.3, 0.4) is 0 Å². The third kappa shape index (κ3) is 2.65. The Kier molecular flexibility index (Phi) is 4.28. The summed E-state index contributed by atoms with van der Waals surface area (Å²) in [5.41, 5.74) is 0. The van der Waals surface area contributed by atoms with Crippen molar-refractivity contribution in [1.29, 1.82) is 0 Å². The Morgan fingerprint density at radius 1 is 1.21 bits per heavy atom. The van der Waals surface area contributed by atoms with Gasteiger partial charge in [0.15, 0.2) is 0 Å². The summed E-state index contributed by atoms with van der Waals surface area (Å²) in [6, 6.07) is 0.302. The molecule has 0 amide bonds. The minimum Gasteiger partial charge on any atom is -0.394 e. The van der Waals surface area contributed by atoms with E-state index in [0.29, 0.717) is 12.6 Å². The molecule has 14 heavy (non-hydrogen) atoms. The van der Waals surface area contributed by atoms with Gasteiger partial charge in [-0.2, -0.15) is 0 Å². The Balaban J connectivity index is 2.40. The van der Waals surface area contributed by atoms with Crippen molar-refractivity contribution >= 4 is 0 Å². The number of hydrogen-bond acceptors (Lipinski definition) is 5.